The summed E-state index contributed by atoms with van der Waals surface area (Å²) in [6, 6.07) is 9.27. The highest BCUT2D eigenvalue weighted by Gasteiger charge is 2.24. The van der Waals surface area contributed by atoms with Crippen molar-refractivity contribution < 1.29 is 8.42 Å². The second-order valence-electron chi connectivity index (χ2n) is 5.95. The minimum Gasteiger partial charge on any atom is -0.385 e. The Morgan fingerprint density at radius 2 is 2.00 bits per heavy atom. The average Bonchev–Trinajstić information content (AvgIpc) is 2.62. The Hall–Kier alpha value is -1.92. The number of aromatic nitrogens is 1. The molecule has 0 atom stereocenters. The molecule has 6 heteroatoms. The van der Waals surface area contributed by atoms with E-state index in [1.807, 2.05) is 31.2 Å². The summed E-state index contributed by atoms with van der Waals surface area (Å²) in [4.78, 5) is 4.38. The zero-order chi connectivity index (χ0) is 17.0. The summed E-state index contributed by atoms with van der Waals surface area (Å²) >= 11 is 0. The summed E-state index contributed by atoms with van der Waals surface area (Å²) in [7, 11) is -3.46. The van der Waals surface area contributed by atoms with Crippen LogP contribution in [-0.2, 0) is 22.9 Å². The third-order valence-corrected chi connectivity index (χ3v) is 6.38. The summed E-state index contributed by atoms with van der Waals surface area (Å²) in [5.74, 6) is 0. The molecule has 0 aliphatic carbocycles. The Labute approximate surface area is 143 Å². The van der Waals surface area contributed by atoms with Gasteiger partial charge in [0.2, 0.25) is 10.0 Å². The highest BCUT2D eigenvalue weighted by atomic mass is 32.2. The van der Waals surface area contributed by atoms with E-state index in [2.05, 4.69) is 10.3 Å². The molecule has 0 saturated carbocycles. The van der Waals surface area contributed by atoms with Gasteiger partial charge < -0.3 is 5.32 Å². The van der Waals surface area contributed by atoms with Crippen molar-refractivity contribution in [2.24, 2.45) is 0 Å². The zero-order valence-corrected chi connectivity index (χ0v) is 14.7. The monoisotopic (exact) mass is 345 g/mol. The quantitative estimate of drug-likeness (QED) is 0.874. The molecule has 0 fully saturated rings. The number of nitrogens with one attached hydrogen (secondary N) is 1. The first-order valence-corrected chi connectivity index (χ1v) is 9.81. The first kappa shape index (κ1) is 16.9. The number of pyridine rings is 1. The lowest BCUT2D eigenvalue weighted by atomic mass is 10.0. The van der Waals surface area contributed by atoms with Crippen molar-refractivity contribution in [3.05, 3.63) is 53.9 Å². The van der Waals surface area contributed by atoms with Crippen molar-refractivity contribution in [1.82, 2.24) is 9.29 Å². The van der Waals surface area contributed by atoms with E-state index in [0.717, 1.165) is 36.2 Å². The highest BCUT2D eigenvalue weighted by molar-refractivity contribution is 7.89. The lowest BCUT2D eigenvalue weighted by molar-refractivity contribution is 0.431. The molecular weight excluding hydrogens is 322 g/mol. The summed E-state index contributed by atoms with van der Waals surface area (Å²) in [6.07, 6.45) is 6.11. The minimum absolute atomic E-state index is 0.390. The molecule has 1 aliphatic rings. The number of aryl methyl sites for hydroxylation is 1. The number of nitrogens with zero attached hydrogens (tertiary/aromatic N) is 2. The first-order valence-electron chi connectivity index (χ1n) is 8.37. The molecule has 0 amide bonds. The smallest absolute Gasteiger partial charge is 0.243 e. The van der Waals surface area contributed by atoms with Crippen molar-refractivity contribution >= 4 is 15.7 Å². The molecule has 2 aromatic rings. The summed E-state index contributed by atoms with van der Waals surface area (Å²) in [5, 5.41) is 3.32. The molecule has 5 nitrogen and oxygen atoms in total. The van der Waals surface area contributed by atoms with Crippen LogP contribution in [0.2, 0.25) is 0 Å². The fourth-order valence-corrected chi connectivity index (χ4v) is 4.51. The van der Waals surface area contributed by atoms with E-state index in [0.29, 0.717) is 24.4 Å². The summed E-state index contributed by atoms with van der Waals surface area (Å²) < 4.78 is 27.5. The van der Waals surface area contributed by atoms with E-state index in [-0.39, 0.29) is 0 Å². The van der Waals surface area contributed by atoms with Crippen molar-refractivity contribution in [1.29, 1.82) is 0 Å². The third kappa shape index (κ3) is 3.60. The number of hydrogen-bond acceptors (Lipinski definition) is 4. The maximum absolute atomic E-state index is 13.0. The molecule has 0 spiro atoms. The van der Waals surface area contributed by atoms with E-state index in [4.69, 9.17) is 0 Å². The Morgan fingerprint density at radius 1 is 1.21 bits per heavy atom. The normalized spacial score (nSPS) is 14.2. The van der Waals surface area contributed by atoms with Gasteiger partial charge in [-0.3, -0.25) is 4.98 Å². The second kappa shape index (κ2) is 7.32. The van der Waals surface area contributed by atoms with Crippen LogP contribution < -0.4 is 5.32 Å². The first-order chi connectivity index (χ1) is 11.6. The van der Waals surface area contributed by atoms with Crippen molar-refractivity contribution in [2.45, 2.75) is 31.1 Å². The van der Waals surface area contributed by atoms with E-state index < -0.39 is 10.0 Å². The SMILES string of the molecule is CCN(CCc1ccncc1)S(=O)(=O)c1ccc2c(c1)CCCN2. The molecule has 0 bridgehead atoms. The number of anilines is 1. The van der Waals surface area contributed by atoms with Gasteiger partial charge in [0.1, 0.15) is 0 Å². The van der Waals surface area contributed by atoms with Gasteiger partial charge in [0.25, 0.3) is 0 Å². The van der Waals surface area contributed by atoms with Crippen LogP contribution in [0.15, 0.2) is 47.6 Å². The van der Waals surface area contributed by atoms with E-state index in [1.54, 1.807) is 22.8 Å². The zero-order valence-electron chi connectivity index (χ0n) is 13.9. The van der Waals surface area contributed by atoms with Gasteiger partial charge in [0.05, 0.1) is 4.90 Å². The molecule has 1 aromatic carbocycles. The maximum atomic E-state index is 13.0. The lowest BCUT2D eigenvalue weighted by Gasteiger charge is -2.23. The van der Waals surface area contributed by atoms with Crippen LogP contribution in [0.25, 0.3) is 0 Å². The van der Waals surface area contributed by atoms with Crippen LogP contribution >= 0.6 is 0 Å². The number of sulfonamides is 1. The molecule has 24 heavy (non-hydrogen) atoms. The Bertz CT molecular complexity index is 791. The number of rotatable bonds is 6. The van der Waals surface area contributed by atoms with Crippen molar-refractivity contribution in [2.75, 3.05) is 25.0 Å². The minimum atomic E-state index is -3.46. The molecule has 0 saturated heterocycles. The molecule has 0 radical (unpaired) electrons. The largest absolute Gasteiger partial charge is 0.385 e. The lowest BCUT2D eigenvalue weighted by Crippen LogP contribution is -2.33. The Balaban J connectivity index is 1.79. The molecular formula is C18H23N3O2S. The van der Waals surface area contributed by atoms with E-state index in [1.165, 1.54) is 0 Å². The van der Waals surface area contributed by atoms with Crippen LogP contribution in [0, 0.1) is 0 Å². The highest BCUT2D eigenvalue weighted by Crippen LogP contribution is 2.26. The molecule has 1 aromatic heterocycles. The maximum Gasteiger partial charge on any atom is 0.243 e. The van der Waals surface area contributed by atoms with Crippen LogP contribution in [0.3, 0.4) is 0 Å². The second-order valence-corrected chi connectivity index (χ2v) is 7.89. The molecule has 1 N–H and O–H groups in total. The topological polar surface area (TPSA) is 62.3 Å². The molecule has 1 aliphatic heterocycles. The van der Waals surface area contributed by atoms with Crippen LogP contribution in [0.5, 0.6) is 0 Å². The van der Waals surface area contributed by atoms with E-state index >= 15 is 0 Å². The van der Waals surface area contributed by atoms with E-state index in [9.17, 15) is 8.42 Å². The molecule has 128 valence electrons. The van der Waals surface area contributed by atoms with Gasteiger partial charge in [-0.2, -0.15) is 4.31 Å². The van der Waals surface area contributed by atoms with Crippen molar-refractivity contribution in [3.8, 4) is 0 Å². The summed E-state index contributed by atoms with van der Waals surface area (Å²) in [6.45, 7) is 3.76. The van der Waals surface area contributed by atoms with Crippen molar-refractivity contribution in [3.63, 3.8) is 0 Å². The molecule has 0 unspecified atom stereocenters. The number of benzene rings is 1. The van der Waals surface area contributed by atoms with Gasteiger partial charge in [-0.05, 0) is 60.7 Å². The fraction of sp³-hybridized carbons (Fsp3) is 0.389. The standard InChI is InChI=1S/C18H23N3O2S/c1-2-21(13-9-15-7-11-19-12-8-15)24(22,23)17-5-6-18-16(14-17)4-3-10-20-18/h5-8,11-12,14,20H,2-4,9-10,13H2,1H3. The summed E-state index contributed by atoms with van der Waals surface area (Å²) in [5.41, 5.74) is 3.24. The molecule has 3 rings (SSSR count). The number of likely N-dealkylation sites (N-methyl/N-ethyl adjacent to an activating group) is 1. The molecule has 2 heterocycles. The number of hydrogen-bond donors (Lipinski definition) is 1. The third-order valence-electron chi connectivity index (χ3n) is 4.40. The van der Waals surface area contributed by atoms with Crippen LogP contribution in [-0.4, -0.2) is 37.3 Å². The van der Waals surface area contributed by atoms with Crippen LogP contribution in [0.4, 0.5) is 5.69 Å². The van der Waals surface area contributed by atoms with Gasteiger partial charge in [-0.1, -0.05) is 6.92 Å². The number of fused-ring (bicyclic) bond motifs is 1. The van der Waals surface area contributed by atoms with Gasteiger partial charge in [-0.25, -0.2) is 8.42 Å². The van der Waals surface area contributed by atoms with Gasteiger partial charge in [0.15, 0.2) is 0 Å². The van der Waals surface area contributed by atoms with Gasteiger partial charge in [-0.15, -0.1) is 0 Å². The Kier molecular flexibility index (Phi) is 5.16. The fourth-order valence-electron chi connectivity index (χ4n) is 3.01. The van der Waals surface area contributed by atoms with Gasteiger partial charge in [0, 0.05) is 37.7 Å². The average molecular weight is 345 g/mol. The van der Waals surface area contributed by atoms with Gasteiger partial charge >= 0.3 is 0 Å². The predicted molar refractivity (Wildman–Crippen MR) is 95.6 cm³/mol. The Morgan fingerprint density at radius 3 is 2.75 bits per heavy atom. The van der Waals surface area contributed by atoms with Crippen LogP contribution in [0.1, 0.15) is 24.5 Å². The predicted octanol–water partition coefficient (Wildman–Crippen LogP) is 2.69.